The van der Waals surface area contributed by atoms with Crippen molar-refractivity contribution in [1.82, 2.24) is 0 Å². The summed E-state index contributed by atoms with van der Waals surface area (Å²) in [5.41, 5.74) is 5.72. The first-order valence-corrected chi connectivity index (χ1v) is 5.07. The molecule has 0 aliphatic rings. The van der Waals surface area contributed by atoms with Gasteiger partial charge in [0.25, 0.3) is 0 Å². The molecule has 0 fully saturated rings. The number of carboxylic acids is 1. The largest absolute Gasteiger partial charge is 0.480 e. The van der Waals surface area contributed by atoms with E-state index in [-0.39, 0.29) is 24.6 Å². The number of carbonyl (C=O) groups excluding carboxylic acids is 1. The molecule has 0 aliphatic carbocycles. The van der Waals surface area contributed by atoms with Gasteiger partial charge >= 0.3 is 5.97 Å². The molecule has 88 valence electrons. The Bertz CT molecular complexity index is 397. The first-order chi connectivity index (χ1) is 7.02. The van der Waals surface area contributed by atoms with E-state index in [4.69, 9.17) is 10.8 Å². The third kappa shape index (κ3) is 3.92. The molecule has 1 rings (SSSR count). The second kappa shape index (κ2) is 6.62. The minimum Gasteiger partial charge on any atom is -0.480 e. The average Bonchev–Trinajstić information content (AvgIpc) is 2.18. The quantitative estimate of drug-likeness (QED) is 0.832. The van der Waals surface area contributed by atoms with Crippen molar-refractivity contribution in [2.75, 3.05) is 0 Å². The number of Topliss-reactive ketones (excluding diaryl/α,β-unsaturated/α-hetero) is 1. The van der Waals surface area contributed by atoms with Gasteiger partial charge in [0.2, 0.25) is 0 Å². The van der Waals surface area contributed by atoms with Gasteiger partial charge in [-0.2, -0.15) is 0 Å². The number of halogens is 2. The van der Waals surface area contributed by atoms with Crippen LogP contribution in [0, 0.1) is 0 Å². The monoisotopic (exact) mass is 307 g/mol. The zero-order valence-corrected chi connectivity index (χ0v) is 10.6. The first-order valence-electron chi connectivity index (χ1n) is 4.28. The molecule has 3 N–H and O–H groups in total. The summed E-state index contributed by atoms with van der Waals surface area (Å²) in [6.45, 7) is 0. The van der Waals surface area contributed by atoms with E-state index in [2.05, 4.69) is 15.9 Å². The van der Waals surface area contributed by atoms with Gasteiger partial charge < -0.3 is 10.8 Å². The number of aliphatic carboxylic acids is 1. The predicted octanol–water partition coefficient (Wildman–Crippen LogP) is 1.86. The maximum Gasteiger partial charge on any atom is 0.320 e. The first kappa shape index (κ1) is 15.1. The molecule has 0 bridgehead atoms. The number of carbonyl (C=O) groups is 2. The zero-order valence-electron chi connectivity index (χ0n) is 8.22. The highest BCUT2D eigenvalue weighted by atomic mass is 79.9. The predicted molar refractivity (Wildman–Crippen MR) is 65.9 cm³/mol. The minimum absolute atomic E-state index is 0. The zero-order chi connectivity index (χ0) is 11.4. The third-order valence-corrected chi connectivity index (χ3v) is 2.59. The van der Waals surface area contributed by atoms with Gasteiger partial charge in [-0.25, -0.2) is 0 Å². The van der Waals surface area contributed by atoms with E-state index in [1.807, 2.05) is 0 Å². The number of hydrogen-bond donors (Lipinski definition) is 2. The van der Waals surface area contributed by atoms with Gasteiger partial charge in [-0.3, -0.25) is 9.59 Å². The molecule has 16 heavy (non-hydrogen) atoms. The topological polar surface area (TPSA) is 80.4 Å². The maximum atomic E-state index is 11.6. The maximum absolute atomic E-state index is 11.6. The molecule has 0 saturated heterocycles. The molecule has 0 amide bonds. The van der Waals surface area contributed by atoms with Crippen molar-refractivity contribution >= 4 is 40.1 Å². The normalized spacial score (nSPS) is 11.4. The average molecular weight is 309 g/mol. The summed E-state index contributed by atoms with van der Waals surface area (Å²) in [7, 11) is 0. The van der Waals surface area contributed by atoms with Crippen LogP contribution >= 0.6 is 28.3 Å². The van der Waals surface area contributed by atoms with Crippen LogP contribution in [-0.4, -0.2) is 22.9 Å². The summed E-state index contributed by atoms with van der Waals surface area (Å²) in [4.78, 5) is 22.1. The Kier molecular flexibility index (Phi) is 6.25. The molecule has 0 spiro atoms. The number of hydrogen-bond acceptors (Lipinski definition) is 3. The second-order valence-electron chi connectivity index (χ2n) is 3.05. The van der Waals surface area contributed by atoms with Gasteiger partial charge in [-0.1, -0.05) is 34.1 Å². The molecule has 6 heteroatoms. The van der Waals surface area contributed by atoms with Crippen molar-refractivity contribution in [1.29, 1.82) is 0 Å². The Morgan fingerprint density at radius 1 is 1.38 bits per heavy atom. The summed E-state index contributed by atoms with van der Waals surface area (Å²) < 4.78 is 0.646. The number of rotatable bonds is 4. The lowest BCUT2D eigenvalue weighted by molar-refractivity contribution is -0.138. The molecule has 0 heterocycles. The van der Waals surface area contributed by atoms with Crippen LogP contribution in [0.2, 0.25) is 0 Å². The van der Waals surface area contributed by atoms with Crippen LogP contribution in [0.3, 0.4) is 0 Å². The summed E-state index contributed by atoms with van der Waals surface area (Å²) in [6.07, 6.45) is -0.196. The van der Waals surface area contributed by atoms with Crippen molar-refractivity contribution in [3.05, 3.63) is 34.3 Å². The van der Waals surface area contributed by atoms with Crippen molar-refractivity contribution in [2.24, 2.45) is 5.73 Å². The molecule has 4 nitrogen and oxygen atoms in total. The molecule has 0 saturated carbocycles. The van der Waals surface area contributed by atoms with Crippen LogP contribution in [0.15, 0.2) is 28.7 Å². The van der Waals surface area contributed by atoms with Gasteiger partial charge in [-0.15, -0.1) is 12.4 Å². The van der Waals surface area contributed by atoms with Crippen LogP contribution in [0.5, 0.6) is 0 Å². The van der Waals surface area contributed by atoms with E-state index < -0.39 is 12.0 Å². The van der Waals surface area contributed by atoms with Crippen LogP contribution in [0.1, 0.15) is 16.8 Å². The van der Waals surface area contributed by atoms with Gasteiger partial charge in [0.15, 0.2) is 5.78 Å². The Balaban J connectivity index is 0.00000225. The molecule has 0 aromatic heterocycles. The number of benzene rings is 1. The van der Waals surface area contributed by atoms with Crippen LogP contribution in [0.4, 0.5) is 0 Å². The van der Waals surface area contributed by atoms with Crippen molar-refractivity contribution < 1.29 is 14.7 Å². The lowest BCUT2D eigenvalue weighted by Crippen LogP contribution is -2.32. The Hall–Kier alpha value is -0.910. The molecule has 0 radical (unpaired) electrons. The van der Waals surface area contributed by atoms with Gasteiger partial charge in [-0.05, 0) is 6.07 Å². The fourth-order valence-electron chi connectivity index (χ4n) is 1.08. The highest BCUT2D eigenvalue weighted by molar-refractivity contribution is 9.10. The van der Waals surface area contributed by atoms with Crippen LogP contribution in [0.25, 0.3) is 0 Å². The van der Waals surface area contributed by atoms with Gasteiger partial charge in [0.1, 0.15) is 6.04 Å². The van der Waals surface area contributed by atoms with Gasteiger partial charge in [0.05, 0.1) is 0 Å². The molecule has 1 aromatic rings. The van der Waals surface area contributed by atoms with Crippen LogP contribution in [-0.2, 0) is 4.79 Å². The van der Waals surface area contributed by atoms with E-state index in [0.29, 0.717) is 10.0 Å². The molecular weight excluding hydrogens is 297 g/mol. The van der Waals surface area contributed by atoms with Crippen molar-refractivity contribution in [3.63, 3.8) is 0 Å². The Morgan fingerprint density at radius 3 is 2.44 bits per heavy atom. The fourth-order valence-corrected chi connectivity index (χ4v) is 1.59. The standard InChI is InChI=1S/C10H10BrNO3.ClH/c11-7-4-2-1-3-6(7)9(13)5-8(12)10(14)15;/h1-4,8H,5,12H2,(H,14,15);1H/t8-;/m0./s1. The fraction of sp³-hybridized carbons (Fsp3) is 0.200. The molecular formula is C10H11BrClNO3. The van der Waals surface area contributed by atoms with E-state index in [0.717, 1.165) is 0 Å². The summed E-state index contributed by atoms with van der Waals surface area (Å²) in [5, 5.41) is 8.56. The smallest absolute Gasteiger partial charge is 0.320 e. The highest BCUT2D eigenvalue weighted by Gasteiger charge is 2.18. The number of nitrogens with two attached hydrogens (primary N) is 1. The van der Waals surface area contributed by atoms with E-state index in [1.54, 1.807) is 24.3 Å². The van der Waals surface area contributed by atoms with E-state index in [9.17, 15) is 9.59 Å². The summed E-state index contributed by atoms with van der Waals surface area (Å²) >= 11 is 3.21. The van der Waals surface area contributed by atoms with Gasteiger partial charge in [0, 0.05) is 16.5 Å². The Morgan fingerprint density at radius 2 is 1.94 bits per heavy atom. The summed E-state index contributed by atoms with van der Waals surface area (Å²) in [5.74, 6) is -1.45. The van der Waals surface area contributed by atoms with Crippen molar-refractivity contribution in [2.45, 2.75) is 12.5 Å². The summed E-state index contributed by atoms with van der Waals surface area (Å²) in [6, 6.07) is 5.69. The molecule has 0 aliphatic heterocycles. The Labute approximate surface area is 107 Å². The van der Waals surface area contributed by atoms with Crippen molar-refractivity contribution in [3.8, 4) is 0 Å². The minimum atomic E-state index is -1.17. The number of carboxylic acid groups (broad SMARTS) is 1. The molecule has 0 unspecified atom stereocenters. The van der Waals surface area contributed by atoms with E-state index >= 15 is 0 Å². The number of ketones is 1. The molecule has 1 aromatic carbocycles. The second-order valence-corrected chi connectivity index (χ2v) is 3.91. The van der Waals surface area contributed by atoms with E-state index in [1.165, 1.54) is 0 Å². The van der Waals surface area contributed by atoms with Crippen LogP contribution < -0.4 is 5.73 Å². The molecule has 1 atom stereocenters. The lowest BCUT2D eigenvalue weighted by Gasteiger charge is -2.06. The lowest BCUT2D eigenvalue weighted by atomic mass is 10.0. The highest BCUT2D eigenvalue weighted by Crippen LogP contribution is 2.17. The third-order valence-electron chi connectivity index (χ3n) is 1.90. The SMILES string of the molecule is Cl.N[C@@H](CC(=O)c1ccccc1Br)C(=O)O.